The Morgan fingerprint density at radius 3 is 2.36 bits per heavy atom. The SMILES string of the molecule is COc1cccc(OC)c1OCC(O)CNC(=O)c1cccc(S(=O)(=O)NC2CCCC2)c1. The third-order valence-corrected chi connectivity index (χ3v) is 6.90. The van der Waals surface area contributed by atoms with Gasteiger partial charge < -0.3 is 24.6 Å². The van der Waals surface area contributed by atoms with E-state index in [9.17, 15) is 18.3 Å². The maximum absolute atomic E-state index is 12.6. The van der Waals surface area contributed by atoms with Crippen LogP contribution in [0, 0.1) is 0 Å². The van der Waals surface area contributed by atoms with Crippen molar-refractivity contribution >= 4 is 15.9 Å². The zero-order chi connectivity index (χ0) is 23.8. The highest BCUT2D eigenvalue weighted by Crippen LogP contribution is 2.36. The molecule has 0 aliphatic heterocycles. The van der Waals surface area contributed by atoms with Crippen LogP contribution >= 0.6 is 0 Å². The Morgan fingerprint density at radius 2 is 1.73 bits per heavy atom. The second kappa shape index (κ2) is 11.4. The highest BCUT2D eigenvalue weighted by atomic mass is 32.2. The van der Waals surface area contributed by atoms with Crippen LogP contribution in [0.25, 0.3) is 0 Å². The van der Waals surface area contributed by atoms with Gasteiger partial charge in [0.25, 0.3) is 5.91 Å². The lowest BCUT2D eigenvalue weighted by molar-refractivity contribution is 0.0833. The van der Waals surface area contributed by atoms with E-state index in [0.717, 1.165) is 25.7 Å². The van der Waals surface area contributed by atoms with Gasteiger partial charge in [-0.15, -0.1) is 0 Å². The van der Waals surface area contributed by atoms with Gasteiger partial charge >= 0.3 is 0 Å². The standard InChI is InChI=1S/C23H30N2O7S/c1-30-20-11-6-12-21(31-2)22(20)32-15-18(26)14-24-23(27)16-7-5-10-19(13-16)33(28,29)25-17-8-3-4-9-17/h5-7,10-13,17-18,25-26H,3-4,8-9,14-15H2,1-2H3,(H,24,27). The maximum atomic E-state index is 12.6. The van der Waals surface area contributed by atoms with E-state index < -0.39 is 22.0 Å². The molecule has 3 N–H and O–H groups in total. The van der Waals surface area contributed by atoms with Crippen molar-refractivity contribution in [2.75, 3.05) is 27.4 Å². The molecule has 0 saturated heterocycles. The summed E-state index contributed by atoms with van der Waals surface area (Å²) in [6, 6.07) is 10.9. The molecule has 33 heavy (non-hydrogen) atoms. The summed E-state index contributed by atoms with van der Waals surface area (Å²) in [6.45, 7) is -0.204. The van der Waals surface area contributed by atoms with Crippen molar-refractivity contribution in [2.45, 2.75) is 42.7 Å². The van der Waals surface area contributed by atoms with E-state index >= 15 is 0 Å². The summed E-state index contributed by atoms with van der Waals surface area (Å²) in [5.74, 6) is 0.757. The van der Waals surface area contributed by atoms with E-state index in [0.29, 0.717) is 17.2 Å². The number of aliphatic hydroxyl groups excluding tert-OH is 1. The van der Waals surface area contributed by atoms with Crippen molar-refractivity contribution in [3.63, 3.8) is 0 Å². The number of benzene rings is 2. The monoisotopic (exact) mass is 478 g/mol. The van der Waals surface area contributed by atoms with E-state index in [1.165, 1.54) is 38.5 Å². The lowest BCUT2D eigenvalue weighted by Crippen LogP contribution is -2.35. The number of amides is 1. The van der Waals surface area contributed by atoms with Gasteiger partial charge in [0.1, 0.15) is 12.7 Å². The number of hydrogen-bond donors (Lipinski definition) is 3. The van der Waals surface area contributed by atoms with Crippen molar-refractivity contribution in [1.82, 2.24) is 10.0 Å². The van der Waals surface area contributed by atoms with Crippen molar-refractivity contribution < 1.29 is 32.5 Å². The Morgan fingerprint density at radius 1 is 1.09 bits per heavy atom. The van der Waals surface area contributed by atoms with Gasteiger partial charge in [-0.05, 0) is 43.2 Å². The molecule has 9 nitrogen and oxygen atoms in total. The first-order valence-electron chi connectivity index (χ1n) is 10.8. The normalized spacial score (nSPS) is 15.1. The van der Waals surface area contributed by atoms with Gasteiger partial charge in [0, 0.05) is 18.2 Å². The van der Waals surface area contributed by atoms with Crippen LogP contribution in [0.3, 0.4) is 0 Å². The lowest BCUT2D eigenvalue weighted by Gasteiger charge is -2.17. The summed E-state index contributed by atoms with van der Waals surface area (Å²) in [5, 5.41) is 12.8. The topological polar surface area (TPSA) is 123 Å². The molecule has 0 spiro atoms. The molecule has 1 atom stereocenters. The molecule has 0 aromatic heterocycles. The minimum Gasteiger partial charge on any atom is -0.493 e. The summed E-state index contributed by atoms with van der Waals surface area (Å²) in [5.41, 5.74) is 0.184. The minimum atomic E-state index is -3.71. The molecule has 180 valence electrons. The van der Waals surface area contributed by atoms with Gasteiger partial charge in [-0.3, -0.25) is 4.79 Å². The Labute approximate surface area is 194 Å². The molecular formula is C23H30N2O7S. The Kier molecular flexibility index (Phi) is 8.54. The number of methoxy groups -OCH3 is 2. The number of hydrogen-bond acceptors (Lipinski definition) is 7. The van der Waals surface area contributed by atoms with Crippen LogP contribution in [-0.4, -0.2) is 58.9 Å². The number of nitrogens with one attached hydrogen (secondary N) is 2. The molecule has 0 heterocycles. The molecule has 1 unspecified atom stereocenters. The van der Waals surface area contributed by atoms with E-state index in [4.69, 9.17) is 14.2 Å². The fourth-order valence-corrected chi connectivity index (χ4v) is 5.00. The molecule has 1 fully saturated rings. The van der Waals surface area contributed by atoms with Gasteiger partial charge in [0.2, 0.25) is 15.8 Å². The van der Waals surface area contributed by atoms with E-state index in [1.54, 1.807) is 18.2 Å². The largest absolute Gasteiger partial charge is 0.493 e. The van der Waals surface area contributed by atoms with E-state index in [2.05, 4.69) is 10.0 Å². The van der Waals surface area contributed by atoms with E-state index in [1.807, 2.05) is 0 Å². The fourth-order valence-electron chi connectivity index (χ4n) is 3.65. The first-order chi connectivity index (χ1) is 15.8. The molecule has 2 aromatic carbocycles. The molecule has 1 amide bonds. The Bertz CT molecular complexity index is 1030. The van der Waals surface area contributed by atoms with Gasteiger partial charge in [0.15, 0.2) is 11.5 Å². The number of sulfonamides is 1. The number of rotatable bonds is 11. The third kappa shape index (κ3) is 6.59. The molecule has 10 heteroatoms. The van der Waals surface area contributed by atoms with Crippen LogP contribution in [0.5, 0.6) is 17.2 Å². The fraction of sp³-hybridized carbons (Fsp3) is 0.435. The van der Waals surface area contributed by atoms with Crippen LogP contribution in [-0.2, 0) is 10.0 Å². The quantitative estimate of drug-likeness (QED) is 0.452. The number of ether oxygens (including phenoxy) is 3. The predicted octanol–water partition coefficient (Wildman–Crippen LogP) is 2.09. The van der Waals surface area contributed by atoms with Crippen LogP contribution in [0.15, 0.2) is 47.4 Å². The van der Waals surface area contributed by atoms with Gasteiger partial charge in [-0.25, -0.2) is 13.1 Å². The summed E-state index contributed by atoms with van der Waals surface area (Å²) >= 11 is 0. The molecule has 0 bridgehead atoms. The first-order valence-corrected chi connectivity index (χ1v) is 12.2. The molecular weight excluding hydrogens is 448 g/mol. The lowest BCUT2D eigenvalue weighted by atomic mass is 10.2. The summed E-state index contributed by atoms with van der Waals surface area (Å²) in [6.07, 6.45) is 2.64. The van der Waals surface area contributed by atoms with Crippen molar-refractivity contribution in [3.8, 4) is 17.2 Å². The Balaban J connectivity index is 1.56. The number of carbonyl (C=O) groups is 1. The van der Waals surface area contributed by atoms with E-state index in [-0.39, 0.29) is 29.7 Å². The van der Waals surface area contributed by atoms with Gasteiger partial charge in [-0.2, -0.15) is 0 Å². The highest BCUT2D eigenvalue weighted by molar-refractivity contribution is 7.89. The predicted molar refractivity (Wildman–Crippen MR) is 122 cm³/mol. The van der Waals surface area contributed by atoms with Crippen molar-refractivity contribution in [2.24, 2.45) is 0 Å². The highest BCUT2D eigenvalue weighted by Gasteiger charge is 2.23. The molecule has 1 saturated carbocycles. The summed E-state index contributed by atoms with van der Waals surface area (Å²) in [7, 11) is -0.715. The number of para-hydroxylation sites is 1. The first kappa shape index (κ1) is 24.8. The second-order valence-electron chi connectivity index (χ2n) is 7.80. The van der Waals surface area contributed by atoms with Crippen molar-refractivity contribution in [1.29, 1.82) is 0 Å². The smallest absolute Gasteiger partial charge is 0.251 e. The zero-order valence-corrected chi connectivity index (χ0v) is 19.6. The average molecular weight is 479 g/mol. The molecule has 1 aliphatic rings. The number of carbonyl (C=O) groups excluding carboxylic acids is 1. The average Bonchev–Trinajstić information content (AvgIpc) is 3.33. The number of aliphatic hydroxyl groups is 1. The maximum Gasteiger partial charge on any atom is 0.251 e. The third-order valence-electron chi connectivity index (χ3n) is 5.38. The molecule has 2 aromatic rings. The van der Waals surface area contributed by atoms with Crippen LogP contribution in [0.2, 0.25) is 0 Å². The van der Waals surface area contributed by atoms with Gasteiger partial charge in [-0.1, -0.05) is 25.0 Å². The zero-order valence-electron chi connectivity index (χ0n) is 18.7. The molecule has 3 rings (SSSR count). The van der Waals surface area contributed by atoms with Crippen LogP contribution < -0.4 is 24.2 Å². The summed E-state index contributed by atoms with van der Waals surface area (Å²) in [4.78, 5) is 12.6. The van der Waals surface area contributed by atoms with Crippen LogP contribution in [0.4, 0.5) is 0 Å². The van der Waals surface area contributed by atoms with Gasteiger partial charge in [0.05, 0.1) is 19.1 Å². The second-order valence-corrected chi connectivity index (χ2v) is 9.51. The molecule has 1 aliphatic carbocycles. The minimum absolute atomic E-state index is 0.0363. The molecule has 0 radical (unpaired) electrons. The van der Waals surface area contributed by atoms with Crippen molar-refractivity contribution in [3.05, 3.63) is 48.0 Å². The summed E-state index contributed by atoms with van der Waals surface area (Å²) < 4.78 is 44.1. The Hall–Kier alpha value is -2.82. The van der Waals surface area contributed by atoms with Crippen LogP contribution in [0.1, 0.15) is 36.0 Å².